The maximum atomic E-state index is 13.4. The maximum Gasteiger partial charge on any atom is 0.251 e. The van der Waals surface area contributed by atoms with Crippen LogP contribution in [0.1, 0.15) is 34.6 Å². The molecular formula is C16H18FN3O2. The second-order valence-electron chi connectivity index (χ2n) is 4.82. The molecule has 0 saturated carbocycles. The third kappa shape index (κ3) is 3.59. The summed E-state index contributed by atoms with van der Waals surface area (Å²) in [5.41, 5.74) is 7.17. The van der Waals surface area contributed by atoms with Crippen LogP contribution in [0.25, 0.3) is 0 Å². The number of nitrogens with one attached hydrogen (secondary N) is 1. The van der Waals surface area contributed by atoms with Gasteiger partial charge >= 0.3 is 0 Å². The standard InChI is InChI=1S/C16H18FN3O2/c1-10(14-8-12(17)3-4-15(14)22-2)20-16(21)11-5-6-19-13(7-11)9-18/h3-8,10H,9,18H2,1-2H3,(H,20,21). The molecule has 1 aromatic carbocycles. The third-order valence-corrected chi connectivity index (χ3v) is 3.29. The lowest BCUT2D eigenvalue weighted by molar-refractivity contribution is 0.0939. The monoisotopic (exact) mass is 303 g/mol. The average molecular weight is 303 g/mol. The number of halogens is 1. The van der Waals surface area contributed by atoms with Crippen LogP contribution in [-0.2, 0) is 6.54 Å². The van der Waals surface area contributed by atoms with E-state index >= 15 is 0 Å². The molecule has 0 aliphatic carbocycles. The van der Waals surface area contributed by atoms with Gasteiger partial charge in [-0.2, -0.15) is 0 Å². The number of hydrogen-bond acceptors (Lipinski definition) is 4. The lowest BCUT2D eigenvalue weighted by Gasteiger charge is -2.17. The van der Waals surface area contributed by atoms with Gasteiger partial charge in [-0.25, -0.2) is 4.39 Å². The third-order valence-electron chi connectivity index (χ3n) is 3.29. The van der Waals surface area contributed by atoms with E-state index in [0.717, 1.165) is 0 Å². The molecule has 1 amide bonds. The fourth-order valence-corrected chi connectivity index (χ4v) is 2.13. The molecule has 22 heavy (non-hydrogen) atoms. The molecule has 1 heterocycles. The Morgan fingerprint density at radius 1 is 1.41 bits per heavy atom. The molecule has 0 aliphatic heterocycles. The van der Waals surface area contributed by atoms with E-state index in [2.05, 4.69) is 10.3 Å². The predicted molar refractivity (Wildman–Crippen MR) is 81.0 cm³/mol. The van der Waals surface area contributed by atoms with Crippen LogP contribution in [0.5, 0.6) is 5.75 Å². The summed E-state index contributed by atoms with van der Waals surface area (Å²) in [5.74, 6) is -0.145. The lowest BCUT2D eigenvalue weighted by atomic mass is 10.1. The number of carbonyl (C=O) groups is 1. The summed E-state index contributed by atoms with van der Waals surface area (Å²) in [7, 11) is 1.50. The summed E-state index contributed by atoms with van der Waals surface area (Å²) < 4.78 is 18.6. The Kier molecular flexibility index (Phi) is 5.06. The Bertz CT molecular complexity index is 676. The molecule has 0 radical (unpaired) electrons. The molecule has 2 aromatic rings. The van der Waals surface area contributed by atoms with E-state index in [-0.39, 0.29) is 18.3 Å². The van der Waals surface area contributed by atoms with Crippen molar-refractivity contribution in [1.29, 1.82) is 0 Å². The minimum absolute atomic E-state index is 0.258. The number of carbonyl (C=O) groups excluding carboxylic acids is 1. The van der Waals surface area contributed by atoms with Gasteiger partial charge in [0, 0.05) is 23.9 Å². The van der Waals surface area contributed by atoms with E-state index in [0.29, 0.717) is 22.6 Å². The number of rotatable bonds is 5. The summed E-state index contributed by atoms with van der Waals surface area (Å²) in [6.07, 6.45) is 1.53. The fourth-order valence-electron chi connectivity index (χ4n) is 2.13. The van der Waals surface area contributed by atoms with E-state index in [1.165, 1.54) is 31.5 Å². The van der Waals surface area contributed by atoms with Gasteiger partial charge in [-0.1, -0.05) is 0 Å². The number of ether oxygens (including phenoxy) is 1. The molecule has 0 saturated heterocycles. The van der Waals surface area contributed by atoms with Gasteiger partial charge < -0.3 is 15.8 Å². The van der Waals surface area contributed by atoms with Gasteiger partial charge in [0.2, 0.25) is 0 Å². The Morgan fingerprint density at radius 3 is 2.86 bits per heavy atom. The minimum Gasteiger partial charge on any atom is -0.496 e. The first-order valence-electron chi connectivity index (χ1n) is 6.84. The van der Waals surface area contributed by atoms with Crippen molar-refractivity contribution in [2.24, 2.45) is 5.73 Å². The van der Waals surface area contributed by atoms with Crippen molar-refractivity contribution in [3.05, 3.63) is 59.2 Å². The van der Waals surface area contributed by atoms with Gasteiger partial charge in [0.05, 0.1) is 18.8 Å². The molecule has 2 rings (SSSR count). The fraction of sp³-hybridized carbons (Fsp3) is 0.250. The van der Waals surface area contributed by atoms with Gasteiger partial charge in [0.1, 0.15) is 11.6 Å². The lowest BCUT2D eigenvalue weighted by Crippen LogP contribution is -2.27. The van der Waals surface area contributed by atoms with Gasteiger partial charge in [-0.05, 0) is 37.3 Å². The Hall–Kier alpha value is -2.47. The smallest absolute Gasteiger partial charge is 0.251 e. The maximum absolute atomic E-state index is 13.4. The number of nitrogens with two attached hydrogens (primary N) is 1. The molecule has 5 nitrogen and oxygen atoms in total. The van der Waals surface area contributed by atoms with Gasteiger partial charge in [-0.15, -0.1) is 0 Å². The minimum atomic E-state index is -0.410. The number of methoxy groups -OCH3 is 1. The highest BCUT2D eigenvalue weighted by atomic mass is 19.1. The number of amides is 1. The largest absolute Gasteiger partial charge is 0.496 e. The van der Waals surface area contributed by atoms with E-state index in [4.69, 9.17) is 10.5 Å². The van der Waals surface area contributed by atoms with Crippen LogP contribution >= 0.6 is 0 Å². The van der Waals surface area contributed by atoms with Crippen LogP contribution in [0, 0.1) is 5.82 Å². The second-order valence-corrected chi connectivity index (χ2v) is 4.82. The Balaban J connectivity index is 2.19. The molecule has 1 unspecified atom stereocenters. The quantitative estimate of drug-likeness (QED) is 0.887. The van der Waals surface area contributed by atoms with Crippen molar-refractivity contribution in [2.45, 2.75) is 19.5 Å². The molecule has 6 heteroatoms. The number of benzene rings is 1. The van der Waals surface area contributed by atoms with Gasteiger partial charge in [0.15, 0.2) is 0 Å². The number of pyridine rings is 1. The summed E-state index contributed by atoms with van der Waals surface area (Å²) in [6, 6.07) is 7.02. The Morgan fingerprint density at radius 2 is 2.18 bits per heavy atom. The molecular weight excluding hydrogens is 285 g/mol. The average Bonchev–Trinajstić information content (AvgIpc) is 2.54. The summed E-state index contributed by atoms with van der Waals surface area (Å²) >= 11 is 0. The topological polar surface area (TPSA) is 77.2 Å². The van der Waals surface area contributed by atoms with Crippen LogP contribution in [0.4, 0.5) is 4.39 Å². The van der Waals surface area contributed by atoms with Crippen molar-refractivity contribution in [3.8, 4) is 5.75 Å². The number of aromatic nitrogens is 1. The van der Waals surface area contributed by atoms with Crippen LogP contribution in [0.2, 0.25) is 0 Å². The van der Waals surface area contributed by atoms with Crippen molar-refractivity contribution >= 4 is 5.91 Å². The van der Waals surface area contributed by atoms with Crippen LogP contribution in [0.3, 0.4) is 0 Å². The normalized spacial score (nSPS) is 11.8. The van der Waals surface area contributed by atoms with Crippen LogP contribution in [-0.4, -0.2) is 18.0 Å². The first kappa shape index (κ1) is 15.9. The summed E-state index contributed by atoms with van der Waals surface area (Å²) in [4.78, 5) is 16.3. The molecule has 1 aromatic heterocycles. The molecule has 0 bridgehead atoms. The van der Waals surface area contributed by atoms with Crippen molar-refractivity contribution in [1.82, 2.24) is 10.3 Å². The summed E-state index contributed by atoms with van der Waals surface area (Å²) in [5, 5.41) is 2.81. The number of nitrogens with zero attached hydrogens (tertiary/aromatic N) is 1. The SMILES string of the molecule is COc1ccc(F)cc1C(C)NC(=O)c1ccnc(CN)c1. The molecule has 0 fully saturated rings. The predicted octanol–water partition coefficient (Wildman–Crippen LogP) is 2.18. The van der Waals surface area contributed by atoms with Gasteiger partial charge in [-0.3, -0.25) is 9.78 Å². The zero-order valence-corrected chi connectivity index (χ0v) is 12.5. The molecule has 0 aliphatic rings. The highest BCUT2D eigenvalue weighted by Gasteiger charge is 2.16. The second kappa shape index (κ2) is 7.00. The zero-order chi connectivity index (χ0) is 16.1. The van der Waals surface area contributed by atoms with Crippen LogP contribution < -0.4 is 15.8 Å². The first-order valence-corrected chi connectivity index (χ1v) is 6.84. The van der Waals surface area contributed by atoms with E-state index in [9.17, 15) is 9.18 Å². The van der Waals surface area contributed by atoms with Gasteiger partial charge in [0.25, 0.3) is 5.91 Å². The molecule has 3 N–H and O–H groups in total. The number of hydrogen-bond donors (Lipinski definition) is 2. The highest BCUT2D eigenvalue weighted by Crippen LogP contribution is 2.26. The Labute approximate surface area is 128 Å². The first-order chi connectivity index (χ1) is 10.5. The molecule has 1 atom stereocenters. The molecule has 0 spiro atoms. The van der Waals surface area contributed by atoms with Crippen LogP contribution in [0.15, 0.2) is 36.5 Å². The van der Waals surface area contributed by atoms with E-state index < -0.39 is 6.04 Å². The molecule has 116 valence electrons. The highest BCUT2D eigenvalue weighted by molar-refractivity contribution is 5.94. The van der Waals surface area contributed by atoms with E-state index in [1.807, 2.05) is 0 Å². The van der Waals surface area contributed by atoms with Crippen molar-refractivity contribution < 1.29 is 13.9 Å². The summed E-state index contributed by atoms with van der Waals surface area (Å²) in [6.45, 7) is 2.02. The van der Waals surface area contributed by atoms with Crippen molar-refractivity contribution in [3.63, 3.8) is 0 Å². The van der Waals surface area contributed by atoms with E-state index in [1.54, 1.807) is 19.1 Å². The zero-order valence-electron chi connectivity index (χ0n) is 12.5. The van der Waals surface area contributed by atoms with Crippen molar-refractivity contribution in [2.75, 3.05) is 7.11 Å².